The highest BCUT2D eigenvalue weighted by Crippen LogP contribution is 2.27. The maximum Gasteiger partial charge on any atom is 0.0368 e. The largest absolute Gasteiger partial charge is 0.369 e. The summed E-state index contributed by atoms with van der Waals surface area (Å²) in [4.78, 5) is 5.01. The van der Waals surface area contributed by atoms with Crippen LogP contribution in [0.3, 0.4) is 0 Å². The second-order valence-corrected chi connectivity index (χ2v) is 8.38. The normalized spacial score (nSPS) is 11.3. The summed E-state index contributed by atoms with van der Waals surface area (Å²) in [6, 6.07) is 19.2. The molecule has 0 N–H and O–H groups in total. The molecule has 0 aliphatic rings. The Morgan fingerprint density at radius 3 is 1.14 bits per heavy atom. The molecule has 0 aromatic heterocycles. The number of benzene rings is 2. The summed E-state index contributed by atoms with van der Waals surface area (Å²) in [6.45, 7) is 15.9. The molecule has 28 heavy (non-hydrogen) atoms. The fourth-order valence-corrected chi connectivity index (χ4v) is 3.72. The summed E-state index contributed by atoms with van der Waals surface area (Å²) < 4.78 is 0. The van der Waals surface area contributed by atoms with Gasteiger partial charge in [0.2, 0.25) is 0 Å². The molecule has 154 valence electrons. The van der Waals surface area contributed by atoms with Crippen LogP contribution in [0, 0.1) is 0 Å². The van der Waals surface area contributed by atoms with E-state index in [0.29, 0.717) is 12.1 Å². The van der Waals surface area contributed by atoms with Crippen LogP contribution in [0.2, 0.25) is 0 Å². The van der Waals surface area contributed by atoms with Crippen molar-refractivity contribution in [3.05, 3.63) is 48.5 Å². The van der Waals surface area contributed by atoms with Crippen LogP contribution in [0.5, 0.6) is 0 Å². The van der Waals surface area contributed by atoms with E-state index in [1.807, 2.05) is 0 Å². The summed E-state index contributed by atoms with van der Waals surface area (Å²) in [5.41, 5.74) is 5.24. The molecular formula is C26H40N2. The van der Waals surface area contributed by atoms with Crippen LogP contribution in [-0.2, 0) is 0 Å². The minimum Gasteiger partial charge on any atom is -0.369 e. The molecule has 0 saturated heterocycles. The first-order valence-corrected chi connectivity index (χ1v) is 11.2. The van der Waals surface area contributed by atoms with Gasteiger partial charge in [-0.15, -0.1) is 0 Å². The number of unbranched alkanes of at least 4 members (excludes halogenated alkanes) is 2. The van der Waals surface area contributed by atoms with Crippen molar-refractivity contribution in [3.8, 4) is 11.1 Å². The molecule has 0 bridgehead atoms. The van der Waals surface area contributed by atoms with Gasteiger partial charge in [0, 0.05) is 36.5 Å². The zero-order chi connectivity index (χ0) is 20.5. The van der Waals surface area contributed by atoms with E-state index in [9.17, 15) is 0 Å². The van der Waals surface area contributed by atoms with Gasteiger partial charge < -0.3 is 9.80 Å². The zero-order valence-corrected chi connectivity index (χ0v) is 18.9. The van der Waals surface area contributed by atoms with E-state index < -0.39 is 0 Å². The Morgan fingerprint density at radius 2 is 0.893 bits per heavy atom. The van der Waals surface area contributed by atoms with Gasteiger partial charge >= 0.3 is 0 Å². The third-order valence-corrected chi connectivity index (χ3v) is 5.48. The van der Waals surface area contributed by atoms with Crippen molar-refractivity contribution in [3.63, 3.8) is 0 Å². The molecule has 0 fully saturated rings. The second-order valence-electron chi connectivity index (χ2n) is 8.38. The van der Waals surface area contributed by atoms with Gasteiger partial charge in [0.15, 0.2) is 0 Å². The van der Waals surface area contributed by atoms with Crippen LogP contribution in [0.4, 0.5) is 11.4 Å². The summed E-state index contributed by atoms with van der Waals surface area (Å²) >= 11 is 0. The second kappa shape index (κ2) is 11.1. The van der Waals surface area contributed by atoms with Crippen molar-refractivity contribution < 1.29 is 0 Å². The maximum atomic E-state index is 2.50. The summed E-state index contributed by atoms with van der Waals surface area (Å²) in [6.07, 6.45) is 4.95. The highest BCUT2D eigenvalue weighted by molar-refractivity contribution is 5.68. The molecule has 0 saturated carbocycles. The lowest BCUT2D eigenvalue weighted by molar-refractivity contribution is 0.646. The van der Waals surface area contributed by atoms with Crippen molar-refractivity contribution in [1.82, 2.24) is 0 Å². The van der Waals surface area contributed by atoms with E-state index in [4.69, 9.17) is 0 Å². The van der Waals surface area contributed by atoms with E-state index in [1.54, 1.807) is 0 Å². The van der Waals surface area contributed by atoms with Gasteiger partial charge in [-0.05, 0) is 75.9 Å². The quantitative estimate of drug-likeness (QED) is 0.401. The van der Waals surface area contributed by atoms with E-state index in [2.05, 4.69) is 99.9 Å². The number of nitrogens with zero attached hydrogens (tertiary/aromatic N) is 2. The van der Waals surface area contributed by atoms with Gasteiger partial charge in [-0.1, -0.05) is 51.0 Å². The molecule has 0 unspecified atom stereocenters. The van der Waals surface area contributed by atoms with Gasteiger partial charge in [0.05, 0.1) is 0 Å². The molecule has 0 aliphatic heterocycles. The lowest BCUT2D eigenvalue weighted by Crippen LogP contribution is -2.31. The Balaban J connectivity index is 2.15. The zero-order valence-electron chi connectivity index (χ0n) is 18.9. The van der Waals surface area contributed by atoms with E-state index in [-0.39, 0.29) is 0 Å². The number of anilines is 2. The first kappa shape index (κ1) is 22.3. The molecule has 0 heterocycles. The molecule has 2 rings (SSSR count). The Kier molecular flexibility index (Phi) is 8.89. The smallest absolute Gasteiger partial charge is 0.0368 e. The number of rotatable bonds is 11. The number of hydrogen-bond acceptors (Lipinski definition) is 2. The lowest BCUT2D eigenvalue weighted by atomic mass is 10.0. The molecule has 0 amide bonds. The van der Waals surface area contributed by atoms with Gasteiger partial charge in [-0.3, -0.25) is 0 Å². The monoisotopic (exact) mass is 380 g/mol. The lowest BCUT2D eigenvalue weighted by Gasteiger charge is -2.29. The summed E-state index contributed by atoms with van der Waals surface area (Å²) in [7, 11) is 0. The highest BCUT2D eigenvalue weighted by atomic mass is 15.2. The predicted octanol–water partition coefficient (Wildman–Crippen LogP) is 7.38. The average Bonchev–Trinajstić information content (AvgIpc) is 2.69. The van der Waals surface area contributed by atoms with Crippen LogP contribution in [0.15, 0.2) is 48.5 Å². The standard InChI is InChI=1S/C26H40N2/c1-7-9-19-27(21(3)4)25-15-11-23(12-16-25)24-13-17-26(18-14-24)28(22(5)6)20-10-8-2/h11-18,21-22H,7-10,19-20H2,1-6H3. The van der Waals surface area contributed by atoms with E-state index >= 15 is 0 Å². The van der Waals surface area contributed by atoms with Crippen molar-refractivity contribution in [2.75, 3.05) is 22.9 Å². The topological polar surface area (TPSA) is 6.48 Å². The van der Waals surface area contributed by atoms with Crippen LogP contribution in [-0.4, -0.2) is 25.2 Å². The SMILES string of the molecule is CCCCN(c1ccc(-c2ccc(N(CCCC)C(C)C)cc2)cc1)C(C)C. The van der Waals surface area contributed by atoms with Crippen molar-refractivity contribution >= 4 is 11.4 Å². The molecule has 0 spiro atoms. The Hall–Kier alpha value is -1.96. The predicted molar refractivity (Wildman–Crippen MR) is 127 cm³/mol. The molecule has 0 radical (unpaired) electrons. The minimum atomic E-state index is 0.529. The Labute approximate surface area is 173 Å². The molecule has 2 nitrogen and oxygen atoms in total. The Morgan fingerprint density at radius 1 is 0.571 bits per heavy atom. The van der Waals surface area contributed by atoms with Gasteiger partial charge in [0.25, 0.3) is 0 Å². The van der Waals surface area contributed by atoms with Crippen molar-refractivity contribution in [2.45, 2.75) is 79.3 Å². The molecular weight excluding hydrogens is 340 g/mol. The van der Waals surface area contributed by atoms with Gasteiger partial charge in [-0.25, -0.2) is 0 Å². The maximum absolute atomic E-state index is 2.50. The minimum absolute atomic E-state index is 0.529. The first-order valence-electron chi connectivity index (χ1n) is 11.2. The average molecular weight is 381 g/mol. The van der Waals surface area contributed by atoms with Crippen LogP contribution < -0.4 is 9.80 Å². The molecule has 2 aromatic rings. The van der Waals surface area contributed by atoms with E-state index in [0.717, 1.165) is 13.1 Å². The van der Waals surface area contributed by atoms with Crippen LogP contribution in [0.25, 0.3) is 11.1 Å². The fourth-order valence-electron chi connectivity index (χ4n) is 3.72. The summed E-state index contributed by atoms with van der Waals surface area (Å²) in [5.74, 6) is 0. The third-order valence-electron chi connectivity index (χ3n) is 5.48. The van der Waals surface area contributed by atoms with Crippen molar-refractivity contribution in [1.29, 1.82) is 0 Å². The van der Waals surface area contributed by atoms with Gasteiger partial charge in [0.1, 0.15) is 0 Å². The third kappa shape index (κ3) is 6.02. The fraction of sp³-hybridized carbons (Fsp3) is 0.538. The summed E-state index contributed by atoms with van der Waals surface area (Å²) in [5, 5.41) is 0. The Bertz CT molecular complexity index is 609. The van der Waals surface area contributed by atoms with Crippen LogP contribution in [0.1, 0.15) is 67.2 Å². The highest BCUT2D eigenvalue weighted by Gasteiger charge is 2.12. The molecule has 0 atom stereocenters. The van der Waals surface area contributed by atoms with Gasteiger partial charge in [-0.2, -0.15) is 0 Å². The molecule has 2 heteroatoms. The number of hydrogen-bond donors (Lipinski definition) is 0. The van der Waals surface area contributed by atoms with Crippen molar-refractivity contribution in [2.24, 2.45) is 0 Å². The van der Waals surface area contributed by atoms with E-state index in [1.165, 1.54) is 48.2 Å². The molecule has 2 aromatic carbocycles. The first-order chi connectivity index (χ1) is 13.5. The van der Waals surface area contributed by atoms with Crippen LogP contribution >= 0.6 is 0 Å². The molecule has 0 aliphatic carbocycles.